The molecule has 0 saturated carbocycles. The zero-order chi connectivity index (χ0) is 25.6. The monoisotopic (exact) mass is 488 g/mol. The second-order valence-corrected chi connectivity index (χ2v) is 10.1. The standard InChI is InChI=1S/C31H24N2O4/c1-3-4-5-6-15-33-30(36)22-13-9-18-16-7-11-20-26-21(29(35)32(2)28(20)34)12-8-17(24(16)26)19-10-14-23(31(33)37)27(22)25(18)19/h7-14H,3-6,15H2,1-2H3. The van der Waals surface area contributed by atoms with Gasteiger partial charge in [0.25, 0.3) is 23.6 Å². The Hall–Kier alpha value is -4.32. The van der Waals surface area contributed by atoms with Gasteiger partial charge in [-0.25, -0.2) is 0 Å². The van der Waals surface area contributed by atoms with E-state index in [1.807, 2.05) is 36.4 Å². The summed E-state index contributed by atoms with van der Waals surface area (Å²) in [6.45, 7) is 2.56. The zero-order valence-electron chi connectivity index (χ0n) is 20.7. The molecule has 0 atom stereocenters. The molecule has 0 aromatic heterocycles. The molecular formula is C31H24N2O4. The van der Waals surface area contributed by atoms with Crippen molar-refractivity contribution in [3.05, 3.63) is 70.8 Å². The molecule has 5 aromatic carbocycles. The van der Waals surface area contributed by atoms with Crippen molar-refractivity contribution in [2.75, 3.05) is 13.6 Å². The van der Waals surface area contributed by atoms with Crippen LogP contribution < -0.4 is 0 Å². The predicted molar refractivity (Wildman–Crippen MR) is 144 cm³/mol. The maximum absolute atomic E-state index is 13.5. The number of amides is 4. The van der Waals surface area contributed by atoms with E-state index in [4.69, 9.17) is 0 Å². The summed E-state index contributed by atoms with van der Waals surface area (Å²) in [5.41, 5.74) is 2.12. The highest BCUT2D eigenvalue weighted by molar-refractivity contribution is 6.41. The Morgan fingerprint density at radius 1 is 0.514 bits per heavy atom. The maximum atomic E-state index is 13.5. The van der Waals surface area contributed by atoms with Crippen LogP contribution in [0.3, 0.4) is 0 Å². The molecule has 0 aliphatic carbocycles. The summed E-state index contributed by atoms with van der Waals surface area (Å²) < 4.78 is 0. The first-order chi connectivity index (χ1) is 17.9. The summed E-state index contributed by atoms with van der Waals surface area (Å²) in [6.07, 6.45) is 3.95. The van der Waals surface area contributed by atoms with Gasteiger partial charge in [-0.15, -0.1) is 0 Å². The summed E-state index contributed by atoms with van der Waals surface area (Å²) in [5, 5.41) is 6.73. The van der Waals surface area contributed by atoms with E-state index < -0.39 is 0 Å². The van der Waals surface area contributed by atoms with Crippen molar-refractivity contribution in [3.8, 4) is 0 Å². The van der Waals surface area contributed by atoms with E-state index in [2.05, 4.69) is 6.92 Å². The maximum Gasteiger partial charge on any atom is 0.261 e. The lowest BCUT2D eigenvalue weighted by Crippen LogP contribution is -2.40. The molecule has 0 N–H and O–H groups in total. The molecule has 4 amide bonds. The van der Waals surface area contributed by atoms with Crippen LogP contribution in [0.2, 0.25) is 0 Å². The number of fused-ring (bicyclic) bond motifs is 2. The van der Waals surface area contributed by atoms with Crippen LogP contribution in [0, 0.1) is 0 Å². The molecule has 0 unspecified atom stereocenters. The largest absolute Gasteiger partial charge is 0.277 e. The highest BCUT2D eigenvalue weighted by Gasteiger charge is 2.35. The molecule has 0 bridgehead atoms. The van der Waals surface area contributed by atoms with Crippen LogP contribution >= 0.6 is 0 Å². The van der Waals surface area contributed by atoms with Crippen LogP contribution in [-0.4, -0.2) is 47.0 Å². The van der Waals surface area contributed by atoms with Crippen molar-refractivity contribution in [3.63, 3.8) is 0 Å². The Morgan fingerprint density at radius 3 is 1.32 bits per heavy atom. The molecule has 2 aliphatic rings. The lowest BCUT2D eigenvalue weighted by Gasteiger charge is -2.29. The van der Waals surface area contributed by atoms with Crippen LogP contribution in [0.1, 0.15) is 74.0 Å². The van der Waals surface area contributed by atoms with E-state index in [0.29, 0.717) is 39.6 Å². The first kappa shape index (κ1) is 21.9. The van der Waals surface area contributed by atoms with Gasteiger partial charge in [0.1, 0.15) is 0 Å². The van der Waals surface area contributed by atoms with Gasteiger partial charge in [-0.3, -0.25) is 29.0 Å². The molecule has 2 aliphatic heterocycles. The molecule has 7 rings (SSSR count). The van der Waals surface area contributed by atoms with Gasteiger partial charge in [-0.2, -0.15) is 0 Å². The van der Waals surface area contributed by atoms with E-state index in [9.17, 15) is 19.2 Å². The van der Waals surface area contributed by atoms with E-state index >= 15 is 0 Å². The van der Waals surface area contributed by atoms with Crippen LogP contribution in [0.4, 0.5) is 0 Å². The minimum atomic E-state index is -0.313. The van der Waals surface area contributed by atoms with Gasteiger partial charge in [0.2, 0.25) is 0 Å². The van der Waals surface area contributed by atoms with Gasteiger partial charge in [0.05, 0.1) is 0 Å². The minimum Gasteiger partial charge on any atom is -0.277 e. The summed E-state index contributed by atoms with van der Waals surface area (Å²) in [4.78, 5) is 55.5. The quantitative estimate of drug-likeness (QED) is 0.129. The average Bonchev–Trinajstić information content (AvgIpc) is 2.92. The third-order valence-corrected chi connectivity index (χ3v) is 8.16. The summed E-state index contributed by atoms with van der Waals surface area (Å²) in [6, 6.07) is 14.9. The number of benzene rings is 5. The SMILES string of the molecule is CCCCCCN1C(=O)c2ccc3c4ccc5c6c(ccc(c7ccc(c2c37)C1=O)c64)C(=O)N(C)C5=O. The second kappa shape index (κ2) is 7.59. The molecule has 0 fully saturated rings. The van der Waals surface area contributed by atoms with Gasteiger partial charge in [-0.05, 0) is 63.0 Å². The highest BCUT2D eigenvalue weighted by Crippen LogP contribution is 2.46. The van der Waals surface area contributed by atoms with Crippen molar-refractivity contribution < 1.29 is 19.2 Å². The lowest BCUT2D eigenvalue weighted by molar-refractivity contribution is 0.0603. The number of unbranched alkanes of at least 4 members (excludes halogenated alkanes) is 3. The lowest BCUT2D eigenvalue weighted by atomic mass is 9.82. The van der Waals surface area contributed by atoms with Gasteiger partial charge < -0.3 is 0 Å². The molecule has 6 heteroatoms. The predicted octanol–water partition coefficient (Wildman–Crippen LogP) is 6.14. The zero-order valence-corrected chi connectivity index (χ0v) is 20.7. The molecule has 0 radical (unpaired) electrons. The van der Waals surface area contributed by atoms with Crippen molar-refractivity contribution in [1.82, 2.24) is 9.80 Å². The third-order valence-electron chi connectivity index (χ3n) is 8.16. The normalized spacial score (nSPS) is 15.4. The van der Waals surface area contributed by atoms with Crippen molar-refractivity contribution in [1.29, 1.82) is 0 Å². The van der Waals surface area contributed by atoms with Gasteiger partial charge in [0, 0.05) is 46.6 Å². The first-order valence-electron chi connectivity index (χ1n) is 12.8. The van der Waals surface area contributed by atoms with E-state index in [0.717, 1.165) is 62.9 Å². The molecule has 0 spiro atoms. The van der Waals surface area contributed by atoms with Gasteiger partial charge >= 0.3 is 0 Å². The Morgan fingerprint density at radius 2 is 0.919 bits per heavy atom. The van der Waals surface area contributed by atoms with Crippen molar-refractivity contribution in [2.45, 2.75) is 32.6 Å². The average molecular weight is 489 g/mol. The summed E-state index contributed by atoms with van der Waals surface area (Å²) in [7, 11) is 1.51. The topological polar surface area (TPSA) is 74.8 Å². The number of hydrogen-bond donors (Lipinski definition) is 0. The fraction of sp³-hybridized carbons (Fsp3) is 0.226. The fourth-order valence-corrected chi connectivity index (χ4v) is 6.34. The number of nitrogens with zero attached hydrogens (tertiary/aromatic N) is 2. The van der Waals surface area contributed by atoms with Crippen molar-refractivity contribution >= 4 is 66.7 Å². The van der Waals surface area contributed by atoms with Crippen LogP contribution in [0.15, 0.2) is 48.5 Å². The molecule has 37 heavy (non-hydrogen) atoms. The molecule has 2 heterocycles. The number of carbonyl (C=O) groups excluding carboxylic acids is 4. The molecule has 5 aromatic rings. The first-order valence-corrected chi connectivity index (χ1v) is 12.8. The molecule has 0 saturated heterocycles. The number of hydrogen-bond acceptors (Lipinski definition) is 4. The van der Waals surface area contributed by atoms with Gasteiger partial charge in [-0.1, -0.05) is 50.5 Å². The smallest absolute Gasteiger partial charge is 0.261 e. The Bertz CT molecular complexity index is 1750. The number of carbonyl (C=O) groups is 4. The summed E-state index contributed by atoms with van der Waals surface area (Å²) in [5.74, 6) is -1.11. The van der Waals surface area contributed by atoms with Crippen LogP contribution in [0.5, 0.6) is 0 Å². The van der Waals surface area contributed by atoms with Crippen LogP contribution in [-0.2, 0) is 0 Å². The Balaban J connectivity index is 1.53. The van der Waals surface area contributed by atoms with E-state index in [1.165, 1.54) is 11.9 Å². The number of rotatable bonds is 5. The Kier molecular flexibility index (Phi) is 4.50. The van der Waals surface area contributed by atoms with E-state index in [-0.39, 0.29) is 23.6 Å². The molecule has 182 valence electrons. The fourth-order valence-electron chi connectivity index (χ4n) is 6.34. The third kappa shape index (κ3) is 2.70. The highest BCUT2D eigenvalue weighted by atomic mass is 16.2. The van der Waals surface area contributed by atoms with Gasteiger partial charge in [0.15, 0.2) is 0 Å². The number of imide groups is 2. The van der Waals surface area contributed by atoms with E-state index in [1.54, 1.807) is 12.1 Å². The molecule has 6 nitrogen and oxygen atoms in total. The summed E-state index contributed by atoms with van der Waals surface area (Å²) >= 11 is 0. The van der Waals surface area contributed by atoms with Crippen LogP contribution in [0.25, 0.3) is 43.1 Å². The molecular weight excluding hydrogens is 464 g/mol. The van der Waals surface area contributed by atoms with Crippen molar-refractivity contribution in [2.24, 2.45) is 0 Å². The Labute approximate surface area is 212 Å². The minimum absolute atomic E-state index is 0.243. The second-order valence-electron chi connectivity index (χ2n) is 10.1.